The molecule has 7 heteroatoms. The highest BCUT2D eigenvalue weighted by Gasteiger charge is 2.26. The average Bonchev–Trinajstić information content (AvgIpc) is 2.29. The third kappa shape index (κ3) is 5.24. The van der Waals surface area contributed by atoms with Crippen LogP contribution in [-0.2, 0) is 14.8 Å². The fourth-order valence-electron chi connectivity index (χ4n) is 1.92. The van der Waals surface area contributed by atoms with E-state index in [1.54, 1.807) is 11.4 Å². The summed E-state index contributed by atoms with van der Waals surface area (Å²) in [6.45, 7) is 7.21. The number of ether oxygens (including phenoxy) is 1. The minimum atomic E-state index is -3.14. The molecule has 1 heterocycles. The fourth-order valence-corrected chi connectivity index (χ4v) is 3.55. The maximum absolute atomic E-state index is 12.0. The van der Waals surface area contributed by atoms with Gasteiger partial charge in [0.2, 0.25) is 10.0 Å². The molecule has 0 radical (unpaired) electrons. The van der Waals surface area contributed by atoms with Crippen LogP contribution in [0.15, 0.2) is 11.6 Å². The van der Waals surface area contributed by atoms with Gasteiger partial charge in [0.05, 0.1) is 5.75 Å². The molecule has 1 aliphatic rings. The Labute approximate surface area is 114 Å². The van der Waals surface area contributed by atoms with Gasteiger partial charge in [-0.3, -0.25) is 4.90 Å². The van der Waals surface area contributed by atoms with Crippen molar-refractivity contribution < 1.29 is 13.2 Å². The molecule has 0 N–H and O–H groups in total. The predicted octanol–water partition coefficient (Wildman–Crippen LogP) is 0.723. The number of piperazine rings is 1. The SMILES string of the molecule is C=C(Cl)CN1CCN(S(=O)(=O)CCCOC)CC1. The zero-order chi connectivity index (χ0) is 13.6. The first-order valence-electron chi connectivity index (χ1n) is 5.98. The van der Waals surface area contributed by atoms with E-state index in [1.807, 2.05) is 0 Å². The third-order valence-corrected chi connectivity index (χ3v) is 4.95. The van der Waals surface area contributed by atoms with Crippen molar-refractivity contribution in [3.05, 3.63) is 11.6 Å². The van der Waals surface area contributed by atoms with Gasteiger partial charge in [0.1, 0.15) is 0 Å². The summed E-state index contributed by atoms with van der Waals surface area (Å²) in [5.74, 6) is 0.156. The lowest BCUT2D eigenvalue weighted by molar-refractivity contribution is 0.194. The number of methoxy groups -OCH3 is 1. The highest BCUT2D eigenvalue weighted by molar-refractivity contribution is 7.89. The van der Waals surface area contributed by atoms with Gasteiger partial charge in [0.15, 0.2) is 0 Å². The zero-order valence-corrected chi connectivity index (χ0v) is 12.3. The van der Waals surface area contributed by atoms with Crippen LogP contribution in [0.2, 0.25) is 0 Å². The van der Waals surface area contributed by atoms with E-state index in [0.29, 0.717) is 50.8 Å². The number of halogens is 1. The van der Waals surface area contributed by atoms with Crippen molar-refractivity contribution in [1.29, 1.82) is 0 Å². The molecule has 0 spiro atoms. The lowest BCUT2D eigenvalue weighted by atomic mass is 10.3. The Morgan fingerprint density at radius 1 is 1.33 bits per heavy atom. The van der Waals surface area contributed by atoms with Crippen molar-refractivity contribution >= 4 is 21.6 Å². The Kier molecular flexibility index (Phi) is 6.59. The lowest BCUT2D eigenvalue weighted by Crippen LogP contribution is -2.49. The third-order valence-electron chi connectivity index (χ3n) is 2.87. The van der Waals surface area contributed by atoms with Gasteiger partial charge >= 0.3 is 0 Å². The normalized spacial score (nSPS) is 19.0. The van der Waals surface area contributed by atoms with Crippen molar-refractivity contribution in [1.82, 2.24) is 9.21 Å². The summed E-state index contributed by atoms with van der Waals surface area (Å²) in [4.78, 5) is 2.11. The molecule has 0 aliphatic carbocycles. The molecule has 1 aliphatic heterocycles. The number of hydrogen-bond acceptors (Lipinski definition) is 4. The molecular weight excluding hydrogens is 276 g/mol. The van der Waals surface area contributed by atoms with E-state index in [9.17, 15) is 8.42 Å². The second kappa shape index (κ2) is 7.45. The van der Waals surface area contributed by atoms with E-state index in [2.05, 4.69) is 11.5 Å². The molecule has 0 atom stereocenters. The van der Waals surface area contributed by atoms with Crippen molar-refractivity contribution in [2.75, 3.05) is 52.2 Å². The fraction of sp³-hybridized carbons (Fsp3) is 0.818. The molecule has 0 unspecified atom stereocenters. The van der Waals surface area contributed by atoms with Crippen molar-refractivity contribution in [2.45, 2.75) is 6.42 Å². The van der Waals surface area contributed by atoms with Gasteiger partial charge in [-0.2, -0.15) is 4.31 Å². The van der Waals surface area contributed by atoms with Crippen LogP contribution in [0.5, 0.6) is 0 Å². The van der Waals surface area contributed by atoms with E-state index in [1.165, 1.54) is 0 Å². The molecule has 1 saturated heterocycles. The molecule has 0 aromatic heterocycles. The largest absolute Gasteiger partial charge is 0.385 e. The van der Waals surface area contributed by atoms with E-state index >= 15 is 0 Å². The minimum Gasteiger partial charge on any atom is -0.385 e. The Morgan fingerprint density at radius 2 is 1.94 bits per heavy atom. The van der Waals surface area contributed by atoms with Gasteiger partial charge in [0.25, 0.3) is 0 Å². The molecule has 1 rings (SSSR count). The summed E-state index contributed by atoms with van der Waals surface area (Å²) in [5, 5.41) is 0.589. The minimum absolute atomic E-state index is 0.156. The standard InChI is InChI=1S/C11H21ClN2O3S/c1-11(12)10-13-4-6-14(7-5-13)18(15,16)9-3-8-17-2/h1,3-10H2,2H3. The Hall–Kier alpha value is -0.140. The van der Waals surface area contributed by atoms with Crippen LogP contribution >= 0.6 is 11.6 Å². The van der Waals surface area contributed by atoms with Gasteiger partial charge in [-0.05, 0) is 6.42 Å². The quantitative estimate of drug-likeness (QED) is 0.650. The first-order chi connectivity index (χ1) is 8.45. The monoisotopic (exact) mass is 296 g/mol. The Bertz CT molecular complexity index is 364. The summed E-state index contributed by atoms with van der Waals surface area (Å²) in [6.07, 6.45) is 0.539. The van der Waals surface area contributed by atoms with Crippen LogP contribution in [0.1, 0.15) is 6.42 Å². The summed E-state index contributed by atoms with van der Waals surface area (Å²) in [6, 6.07) is 0. The highest BCUT2D eigenvalue weighted by Crippen LogP contribution is 2.11. The first kappa shape index (κ1) is 15.9. The maximum atomic E-state index is 12.0. The van der Waals surface area contributed by atoms with Gasteiger partial charge in [-0.1, -0.05) is 18.2 Å². The molecule has 0 amide bonds. The summed E-state index contributed by atoms with van der Waals surface area (Å²) in [5.41, 5.74) is 0. The van der Waals surface area contributed by atoms with Crippen molar-refractivity contribution in [3.8, 4) is 0 Å². The van der Waals surface area contributed by atoms with Gasteiger partial charge in [-0.25, -0.2) is 8.42 Å². The smallest absolute Gasteiger partial charge is 0.214 e. The van der Waals surface area contributed by atoms with Crippen LogP contribution in [0, 0.1) is 0 Å². The van der Waals surface area contributed by atoms with Crippen LogP contribution in [0.4, 0.5) is 0 Å². The lowest BCUT2D eigenvalue weighted by Gasteiger charge is -2.33. The highest BCUT2D eigenvalue weighted by atomic mass is 35.5. The van der Waals surface area contributed by atoms with Gasteiger partial charge in [0, 0.05) is 51.5 Å². The Balaban J connectivity index is 2.39. The first-order valence-corrected chi connectivity index (χ1v) is 7.97. The topological polar surface area (TPSA) is 49.9 Å². The van der Waals surface area contributed by atoms with Crippen LogP contribution < -0.4 is 0 Å². The van der Waals surface area contributed by atoms with Crippen LogP contribution in [0.25, 0.3) is 0 Å². The molecule has 0 aromatic carbocycles. The van der Waals surface area contributed by atoms with Crippen molar-refractivity contribution in [3.63, 3.8) is 0 Å². The average molecular weight is 297 g/mol. The number of rotatable bonds is 7. The number of hydrogen-bond donors (Lipinski definition) is 0. The molecule has 1 fully saturated rings. The maximum Gasteiger partial charge on any atom is 0.214 e. The Morgan fingerprint density at radius 3 is 2.44 bits per heavy atom. The van der Waals surface area contributed by atoms with E-state index in [-0.39, 0.29) is 5.75 Å². The van der Waals surface area contributed by atoms with Crippen LogP contribution in [0.3, 0.4) is 0 Å². The second-order valence-electron chi connectivity index (χ2n) is 4.35. The van der Waals surface area contributed by atoms with E-state index in [4.69, 9.17) is 16.3 Å². The van der Waals surface area contributed by atoms with Crippen LogP contribution in [-0.4, -0.2) is 69.8 Å². The number of nitrogens with zero attached hydrogens (tertiary/aromatic N) is 2. The molecular formula is C11H21ClN2O3S. The predicted molar refractivity (Wildman–Crippen MR) is 73.3 cm³/mol. The summed E-state index contributed by atoms with van der Waals surface area (Å²) >= 11 is 5.74. The molecule has 5 nitrogen and oxygen atoms in total. The molecule has 0 bridgehead atoms. The number of sulfonamides is 1. The van der Waals surface area contributed by atoms with E-state index < -0.39 is 10.0 Å². The summed E-state index contributed by atoms with van der Waals surface area (Å²) < 4.78 is 30.4. The van der Waals surface area contributed by atoms with Gasteiger partial charge in [-0.15, -0.1) is 0 Å². The molecule has 0 saturated carbocycles. The second-order valence-corrected chi connectivity index (χ2v) is 6.98. The summed E-state index contributed by atoms with van der Waals surface area (Å²) in [7, 11) is -1.56. The molecule has 18 heavy (non-hydrogen) atoms. The van der Waals surface area contributed by atoms with Crippen molar-refractivity contribution in [2.24, 2.45) is 0 Å². The zero-order valence-electron chi connectivity index (χ0n) is 10.8. The van der Waals surface area contributed by atoms with Gasteiger partial charge < -0.3 is 4.74 Å². The molecule has 0 aromatic rings. The van der Waals surface area contributed by atoms with E-state index in [0.717, 1.165) is 0 Å². The molecule has 106 valence electrons.